The van der Waals surface area contributed by atoms with E-state index >= 15 is 0 Å². The van der Waals surface area contributed by atoms with E-state index in [1.807, 2.05) is 0 Å². The molecule has 1 aromatic heterocycles. The zero-order valence-corrected chi connectivity index (χ0v) is 6.83. The molecule has 0 spiro atoms. The Morgan fingerprint density at radius 2 is 1.92 bits per heavy atom. The van der Waals surface area contributed by atoms with E-state index in [2.05, 4.69) is 0 Å². The molecule has 2 rings (SSSR count). The van der Waals surface area contributed by atoms with Crippen LogP contribution >= 0.6 is 0 Å². The Kier molecular flexibility index (Phi) is 1.77. The average Bonchev–Trinajstić information content (AvgIpc) is 2.52. The van der Waals surface area contributed by atoms with Gasteiger partial charge in [0.1, 0.15) is 5.82 Å². The molecule has 0 saturated carbocycles. The summed E-state index contributed by atoms with van der Waals surface area (Å²) in [6.07, 6.45) is 1.44. The largest absolute Gasteiger partial charge is 0.462 e. The average molecular weight is 177 g/mol. The molecule has 2 N–H and O–H groups in total. The smallest absolute Gasteiger partial charge is 0.159 e. The van der Waals surface area contributed by atoms with Gasteiger partial charge in [-0.15, -0.1) is 0 Å². The SMILES string of the molecule is Nc1ccoc1-c1ccccc1F. The van der Waals surface area contributed by atoms with Crippen LogP contribution in [0.15, 0.2) is 41.0 Å². The first-order valence-corrected chi connectivity index (χ1v) is 3.87. The number of benzene rings is 1. The first-order chi connectivity index (χ1) is 6.29. The summed E-state index contributed by atoms with van der Waals surface area (Å²) in [6, 6.07) is 7.96. The van der Waals surface area contributed by atoms with Crippen LogP contribution in [0, 0.1) is 5.82 Å². The predicted octanol–water partition coefficient (Wildman–Crippen LogP) is 2.67. The van der Waals surface area contributed by atoms with Gasteiger partial charge in [-0.1, -0.05) is 12.1 Å². The van der Waals surface area contributed by atoms with Gasteiger partial charge in [0.05, 0.1) is 17.5 Å². The van der Waals surface area contributed by atoms with Gasteiger partial charge in [-0.2, -0.15) is 0 Å². The minimum absolute atomic E-state index is 0.329. The number of hydrogen-bond donors (Lipinski definition) is 1. The lowest BCUT2D eigenvalue weighted by Gasteiger charge is -1.99. The van der Waals surface area contributed by atoms with Crippen LogP contribution in [0.3, 0.4) is 0 Å². The van der Waals surface area contributed by atoms with Gasteiger partial charge in [-0.05, 0) is 12.1 Å². The molecule has 0 aliphatic carbocycles. The van der Waals surface area contributed by atoms with Crippen molar-refractivity contribution in [3.05, 3.63) is 42.4 Å². The molecule has 66 valence electrons. The molecule has 0 bridgehead atoms. The van der Waals surface area contributed by atoms with Crippen LogP contribution in [-0.2, 0) is 0 Å². The third-order valence-electron chi connectivity index (χ3n) is 1.81. The van der Waals surface area contributed by atoms with Crippen molar-refractivity contribution >= 4 is 5.69 Å². The van der Waals surface area contributed by atoms with Crippen molar-refractivity contribution in [2.75, 3.05) is 5.73 Å². The summed E-state index contributed by atoms with van der Waals surface area (Å²) < 4.78 is 18.3. The highest BCUT2D eigenvalue weighted by molar-refractivity contribution is 5.71. The van der Waals surface area contributed by atoms with Gasteiger partial charge in [0, 0.05) is 6.07 Å². The van der Waals surface area contributed by atoms with Crippen molar-refractivity contribution in [3.63, 3.8) is 0 Å². The molecule has 0 fully saturated rings. The van der Waals surface area contributed by atoms with Crippen molar-refractivity contribution < 1.29 is 8.81 Å². The Balaban J connectivity index is 2.59. The normalized spacial score (nSPS) is 10.2. The van der Waals surface area contributed by atoms with Crippen molar-refractivity contribution in [2.24, 2.45) is 0 Å². The second kappa shape index (κ2) is 2.94. The van der Waals surface area contributed by atoms with Gasteiger partial charge in [-0.25, -0.2) is 4.39 Å². The minimum atomic E-state index is -0.329. The zero-order chi connectivity index (χ0) is 9.26. The van der Waals surface area contributed by atoms with Crippen molar-refractivity contribution in [3.8, 4) is 11.3 Å². The van der Waals surface area contributed by atoms with Gasteiger partial charge in [0.2, 0.25) is 0 Å². The fraction of sp³-hybridized carbons (Fsp3) is 0. The van der Waals surface area contributed by atoms with E-state index in [4.69, 9.17) is 10.2 Å². The summed E-state index contributed by atoms with van der Waals surface area (Å²) in [5, 5.41) is 0. The van der Waals surface area contributed by atoms with Gasteiger partial charge in [-0.3, -0.25) is 0 Å². The number of nitrogen functional groups attached to an aromatic ring is 1. The van der Waals surface area contributed by atoms with Gasteiger partial charge < -0.3 is 10.2 Å². The fourth-order valence-corrected chi connectivity index (χ4v) is 1.18. The van der Waals surface area contributed by atoms with Crippen LogP contribution in [0.25, 0.3) is 11.3 Å². The van der Waals surface area contributed by atoms with Crippen molar-refractivity contribution in [1.29, 1.82) is 0 Å². The third kappa shape index (κ3) is 1.28. The molecule has 0 amide bonds. The fourth-order valence-electron chi connectivity index (χ4n) is 1.18. The van der Waals surface area contributed by atoms with E-state index in [1.165, 1.54) is 12.3 Å². The van der Waals surface area contributed by atoms with Crippen LogP contribution < -0.4 is 5.73 Å². The van der Waals surface area contributed by atoms with Crippen LogP contribution in [0.1, 0.15) is 0 Å². The Labute approximate surface area is 74.8 Å². The van der Waals surface area contributed by atoms with Crippen molar-refractivity contribution in [2.45, 2.75) is 0 Å². The van der Waals surface area contributed by atoms with E-state index in [-0.39, 0.29) is 5.82 Å². The number of anilines is 1. The van der Waals surface area contributed by atoms with Gasteiger partial charge in [0.25, 0.3) is 0 Å². The van der Waals surface area contributed by atoms with Crippen LogP contribution in [0.2, 0.25) is 0 Å². The molecule has 3 heteroatoms. The third-order valence-corrected chi connectivity index (χ3v) is 1.81. The Bertz CT molecular complexity index is 422. The number of hydrogen-bond acceptors (Lipinski definition) is 2. The van der Waals surface area contributed by atoms with E-state index in [1.54, 1.807) is 24.3 Å². The first-order valence-electron chi connectivity index (χ1n) is 3.87. The van der Waals surface area contributed by atoms with E-state index < -0.39 is 0 Å². The lowest BCUT2D eigenvalue weighted by molar-refractivity contribution is 0.570. The first kappa shape index (κ1) is 7.86. The number of rotatable bonds is 1. The Morgan fingerprint density at radius 1 is 1.15 bits per heavy atom. The van der Waals surface area contributed by atoms with Gasteiger partial charge >= 0.3 is 0 Å². The van der Waals surface area contributed by atoms with E-state index in [0.717, 1.165) is 0 Å². The maximum atomic E-state index is 13.2. The van der Waals surface area contributed by atoms with E-state index in [9.17, 15) is 4.39 Å². The summed E-state index contributed by atoms with van der Waals surface area (Å²) in [5.41, 5.74) is 6.42. The second-order valence-electron chi connectivity index (χ2n) is 2.68. The molecule has 2 nitrogen and oxygen atoms in total. The molecular formula is C10H8FNO. The second-order valence-corrected chi connectivity index (χ2v) is 2.68. The quantitative estimate of drug-likeness (QED) is 0.727. The lowest BCUT2D eigenvalue weighted by Crippen LogP contribution is -1.87. The lowest BCUT2D eigenvalue weighted by atomic mass is 10.1. The maximum Gasteiger partial charge on any atom is 0.159 e. The topological polar surface area (TPSA) is 39.2 Å². The van der Waals surface area contributed by atoms with Crippen LogP contribution in [-0.4, -0.2) is 0 Å². The molecule has 0 atom stereocenters. The summed E-state index contributed by atoms with van der Waals surface area (Å²) in [7, 11) is 0. The number of halogens is 1. The van der Waals surface area contributed by atoms with Crippen molar-refractivity contribution in [1.82, 2.24) is 0 Å². The molecule has 0 unspecified atom stereocenters. The highest BCUT2D eigenvalue weighted by Crippen LogP contribution is 2.28. The predicted molar refractivity (Wildman–Crippen MR) is 48.5 cm³/mol. The number of furan rings is 1. The standard InChI is InChI=1S/C10H8FNO/c11-8-4-2-1-3-7(8)10-9(12)5-6-13-10/h1-6H,12H2. The highest BCUT2D eigenvalue weighted by Gasteiger charge is 2.09. The molecule has 1 heterocycles. The maximum absolute atomic E-state index is 13.2. The number of nitrogens with two attached hydrogens (primary N) is 1. The molecule has 1 aromatic carbocycles. The van der Waals surface area contributed by atoms with E-state index in [0.29, 0.717) is 17.0 Å². The summed E-state index contributed by atoms with van der Waals surface area (Å²) in [4.78, 5) is 0. The molecule has 0 radical (unpaired) electrons. The molecule has 2 aromatic rings. The molecule has 0 aliphatic heterocycles. The van der Waals surface area contributed by atoms with Crippen LogP contribution in [0.5, 0.6) is 0 Å². The minimum Gasteiger partial charge on any atom is -0.462 e. The van der Waals surface area contributed by atoms with Gasteiger partial charge in [0.15, 0.2) is 5.76 Å². The molecule has 0 aliphatic rings. The molecular weight excluding hydrogens is 169 g/mol. The Morgan fingerprint density at radius 3 is 2.54 bits per heavy atom. The summed E-state index contributed by atoms with van der Waals surface area (Å²) in [6.45, 7) is 0. The highest BCUT2D eigenvalue weighted by atomic mass is 19.1. The molecule has 13 heavy (non-hydrogen) atoms. The van der Waals surface area contributed by atoms with Crippen LogP contribution in [0.4, 0.5) is 10.1 Å². The monoisotopic (exact) mass is 177 g/mol. The summed E-state index contributed by atoms with van der Waals surface area (Å²) >= 11 is 0. The summed E-state index contributed by atoms with van der Waals surface area (Å²) in [5.74, 6) is 0.0576. The Hall–Kier alpha value is -1.77. The molecule has 0 saturated heterocycles. The zero-order valence-electron chi connectivity index (χ0n) is 6.83.